The number of hydrogen-bond acceptors (Lipinski definition) is 6. The van der Waals surface area contributed by atoms with E-state index < -0.39 is 18.4 Å². The van der Waals surface area contributed by atoms with E-state index in [9.17, 15) is 27.6 Å². The van der Waals surface area contributed by atoms with Crippen LogP contribution in [-0.4, -0.2) is 62.2 Å². The predicted molar refractivity (Wildman–Crippen MR) is 88.2 cm³/mol. The van der Waals surface area contributed by atoms with Gasteiger partial charge in [-0.15, -0.1) is 13.2 Å². The smallest absolute Gasteiger partial charge is 0.467 e. The van der Waals surface area contributed by atoms with E-state index in [0.717, 1.165) is 0 Å². The van der Waals surface area contributed by atoms with Crippen molar-refractivity contribution >= 4 is 23.9 Å². The zero-order valence-electron chi connectivity index (χ0n) is 14.6. The molecule has 27 heavy (non-hydrogen) atoms. The molecule has 0 aliphatic carbocycles. The van der Waals surface area contributed by atoms with Gasteiger partial charge in [0.05, 0.1) is 7.11 Å². The van der Waals surface area contributed by atoms with Gasteiger partial charge in [-0.3, -0.25) is 4.79 Å². The van der Waals surface area contributed by atoms with Crippen LogP contribution < -0.4 is 9.64 Å². The van der Waals surface area contributed by atoms with Crippen molar-refractivity contribution in [3.63, 3.8) is 0 Å². The van der Waals surface area contributed by atoms with E-state index in [4.69, 9.17) is 0 Å². The Labute approximate surface area is 153 Å². The Balaban J connectivity index is 2.15. The molecule has 1 fully saturated rings. The molecule has 0 radical (unpaired) electrons. The summed E-state index contributed by atoms with van der Waals surface area (Å²) in [5.41, 5.74) is 0.455. The first-order valence-electron chi connectivity index (χ1n) is 8.17. The van der Waals surface area contributed by atoms with Crippen LogP contribution in [-0.2, 0) is 19.1 Å². The largest absolute Gasteiger partial charge is 0.573 e. The van der Waals surface area contributed by atoms with Crippen molar-refractivity contribution in [2.75, 3.05) is 31.6 Å². The molecule has 1 saturated heterocycles. The summed E-state index contributed by atoms with van der Waals surface area (Å²) >= 11 is 0. The Kier molecular flexibility index (Phi) is 6.65. The monoisotopic (exact) mass is 388 g/mol. The Hall–Kier alpha value is -2.78. The first kappa shape index (κ1) is 20.5. The van der Waals surface area contributed by atoms with Crippen LogP contribution in [0.15, 0.2) is 24.3 Å². The standard InChI is InChI=1S/C17H19F3N2O5/c1-26-16(25)14(6-10-23)22-9-8-21(7-5-15(22)24)12-3-2-4-13(11-12)27-17(18,19)20/h2-4,10-11,14H,5-9H2,1H3. The van der Waals surface area contributed by atoms with Gasteiger partial charge in [-0.1, -0.05) is 6.07 Å². The number of hydrogen-bond donors (Lipinski definition) is 0. The Morgan fingerprint density at radius 1 is 1.30 bits per heavy atom. The second kappa shape index (κ2) is 8.74. The van der Waals surface area contributed by atoms with Gasteiger partial charge in [0.1, 0.15) is 18.1 Å². The fraction of sp³-hybridized carbons (Fsp3) is 0.471. The van der Waals surface area contributed by atoms with E-state index in [0.29, 0.717) is 12.0 Å². The fourth-order valence-corrected chi connectivity index (χ4v) is 2.88. The van der Waals surface area contributed by atoms with Crippen LogP contribution in [0.2, 0.25) is 0 Å². The molecule has 0 saturated carbocycles. The molecular weight excluding hydrogens is 369 g/mol. The lowest BCUT2D eigenvalue weighted by Crippen LogP contribution is -2.46. The van der Waals surface area contributed by atoms with Gasteiger partial charge in [-0.25, -0.2) is 4.79 Å². The van der Waals surface area contributed by atoms with Crippen molar-refractivity contribution < 1.29 is 37.0 Å². The maximum Gasteiger partial charge on any atom is 0.573 e. The first-order valence-corrected chi connectivity index (χ1v) is 8.17. The van der Waals surface area contributed by atoms with Gasteiger partial charge in [-0.05, 0) is 12.1 Å². The van der Waals surface area contributed by atoms with Gasteiger partial charge in [0.15, 0.2) is 0 Å². The van der Waals surface area contributed by atoms with Gasteiger partial charge in [0.25, 0.3) is 0 Å². The topological polar surface area (TPSA) is 76.2 Å². The predicted octanol–water partition coefficient (Wildman–Crippen LogP) is 1.75. The molecule has 148 valence electrons. The van der Waals surface area contributed by atoms with Gasteiger partial charge in [-0.2, -0.15) is 0 Å². The van der Waals surface area contributed by atoms with Gasteiger partial charge < -0.3 is 24.1 Å². The molecule has 2 rings (SSSR count). The fourth-order valence-electron chi connectivity index (χ4n) is 2.88. The minimum Gasteiger partial charge on any atom is -0.467 e. The summed E-state index contributed by atoms with van der Waals surface area (Å²) in [4.78, 5) is 38.1. The highest BCUT2D eigenvalue weighted by Crippen LogP contribution is 2.27. The Morgan fingerprint density at radius 2 is 2.04 bits per heavy atom. The molecule has 1 heterocycles. The molecule has 0 bridgehead atoms. The number of esters is 1. The van der Waals surface area contributed by atoms with Gasteiger partial charge in [0, 0.05) is 44.2 Å². The minimum absolute atomic E-state index is 0.0384. The van der Waals surface area contributed by atoms with Crippen molar-refractivity contribution in [3.05, 3.63) is 24.3 Å². The number of rotatable bonds is 6. The van der Waals surface area contributed by atoms with Crippen molar-refractivity contribution in [1.82, 2.24) is 4.90 Å². The quantitative estimate of drug-likeness (QED) is 0.546. The lowest BCUT2D eigenvalue weighted by molar-refractivity contribution is -0.274. The number of nitrogens with zero attached hydrogens (tertiary/aromatic N) is 2. The second-order valence-corrected chi connectivity index (χ2v) is 5.81. The van der Waals surface area contributed by atoms with E-state index in [2.05, 4.69) is 9.47 Å². The van der Waals surface area contributed by atoms with E-state index in [1.165, 1.54) is 30.2 Å². The Bertz CT molecular complexity index is 695. The van der Waals surface area contributed by atoms with E-state index in [1.807, 2.05) is 0 Å². The Morgan fingerprint density at radius 3 is 2.67 bits per heavy atom. The van der Waals surface area contributed by atoms with Crippen LogP contribution in [0.25, 0.3) is 0 Å². The lowest BCUT2D eigenvalue weighted by Gasteiger charge is -2.28. The maximum atomic E-state index is 12.4. The van der Waals surface area contributed by atoms with E-state index >= 15 is 0 Å². The zero-order valence-corrected chi connectivity index (χ0v) is 14.6. The molecule has 1 atom stereocenters. The van der Waals surface area contributed by atoms with Crippen molar-refractivity contribution in [2.24, 2.45) is 0 Å². The number of halogens is 3. The number of amides is 1. The van der Waals surface area contributed by atoms with Crippen LogP contribution >= 0.6 is 0 Å². The molecule has 7 nitrogen and oxygen atoms in total. The van der Waals surface area contributed by atoms with Crippen LogP contribution in [0.3, 0.4) is 0 Å². The number of benzene rings is 1. The molecule has 1 aromatic rings. The molecule has 1 aliphatic rings. The van der Waals surface area contributed by atoms with Gasteiger partial charge in [0.2, 0.25) is 5.91 Å². The number of alkyl halides is 3. The van der Waals surface area contributed by atoms with E-state index in [-0.39, 0.29) is 44.1 Å². The van der Waals surface area contributed by atoms with Crippen LogP contribution in [0, 0.1) is 0 Å². The third-order valence-electron chi connectivity index (χ3n) is 4.11. The highest BCUT2D eigenvalue weighted by Gasteiger charge is 2.33. The molecular formula is C17H19F3N2O5. The third kappa shape index (κ3) is 5.60. The first-order chi connectivity index (χ1) is 12.7. The van der Waals surface area contributed by atoms with Gasteiger partial charge >= 0.3 is 12.3 Å². The SMILES string of the molecule is COC(=O)C(CC=O)N1CCN(c2cccc(OC(F)(F)F)c2)CCC1=O. The summed E-state index contributed by atoms with van der Waals surface area (Å²) in [6, 6.07) is 4.43. The molecule has 0 N–H and O–H groups in total. The maximum absolute atomic E-state index is 12.4. The summed E-state index contributed by atoms with van der Waals surface area (Å²) in [5, 5.41) is 0. The van der Waals surface area contributed by atoms with Crippen LogP contribution in [0.4, 0.5) is 18.9 Å². The van der Waals surface area contributed by atoms with Crippen molar-refractivity contribution in [1.29, 1.82) is 0 Å². The number of aldehydes is 1. The number of ether oxygens (including phenoxy) is 2. The second-order valence-electron chi connectivity index (χ2n) is 5.81. The summed E-state index contributed by atoms with van der Waals surface area (Å²) in [7, 11) is 1.17. The highest BCUT2D eigenvalue weighted by molar-refractivity contribution is 5.86. The number of methoxy groups -OCH3 is 1. The normalized spacial score (nSPS) is 16.5. The summed E-state index contributed by atoms with van der Waals surface area (Å²) in [5.74, 6) is -1.39. The number of carbonyl (C=O) groups is 3. The summed E-state index contributed by atoms with van der Waals surface area (Å²) in [6.45, 7) is 0.643. The lowest BCUT2D eigenvalue weighted by atomic mass is 10.1. The van der Waals surface area contributed by atoms with Crippen molar-refractivity contribution in [3.8, 4) is 5.75 Å². The van der Waals surface area contributed by atoms with E-state index in [1.54, 1.807) is 11.0 Å². The average molecular weight is 388 g/mol. The number of carbonyl (C=O) groups excluding carboxylic acids is 3. The molecule has 1 aromatic carbocycles. The molecule has 1 unspecified atom stereocenters. The average Bonchev–Trinajstić information content (AvgIpc) is 2.80. The minimum atomic E-state index is -4.80. The van der Waals surface area contributed by atoms with Crippen LogP contribution in [0.5, 0.6) is 5.75 Å². The summed E-state index contributed by atoms with van der Waals surface area (Å²) in [6.07, 6.45) is -4.41. The molecule has 1 amide bonds. The summed E-state index contributed by atoms with van der Waals surface area (Å²) < 4.78 is 45.8. The highest BCUT2D eigenvalue weighted by atomic mass is 19.4. The molecule has 0 spiro atoms. The third-order valence-corrected chi connectivity index (χ3v) is 4.11. The van der Waals surface area contributed by atoms with Crippen LogP contribution in [0.1, 0.15) is 12.8 Å². The molecule has 0 aromatic heterocycles. The molecule has 10 heteroatoms. The zero-order chi connectivity index (χ0) is 20.0. The number of anilines is 1. The van der Waals surface area contributed by atoms with Crippen molar-refractivity contribution in [2.45, 2.75) is 25.2 Å². The molecule has 1 aliphatic heterocycles.